The molecule has 0 fully saturated rings. The molecule has 0 aliphatic carbocycles. The fourth-order valence-corrected chi connectivity index (χ4v) is 16.4. The van der Waals surface area contributed by atoms with Crippen molar-refractivity contribution >= 4 is 23.9 Å². The molecule has 1 unspecified atom stereocenters. The van der Waals surface area contributed by atoms with Crippen LogP contribution in [0.5, 0.6) is 51.7 Å². The molecular formula is C104H134N4O22. The van der Waals surface area contributed by atoms with Crippen LogP contribution in [0.2, 0.25) is 0 Å². The van der Waals surface area contributed by atoms with Gasteiger partial charge in [-0.2, -0.15) is 0 Å². The van der Waals surface area contributed by atoms with Gasteiger partial charge in [-0.25, -0.2) is 14.4 Å². The van der Waals surface area contributed by atoms with Gasteiger partial charge in [-0.1, -0.05) is 205 Å². The number of para-hydroxylation sites is 8. The Labute approximate surface area is 767 Å². The monoisotopic (exact) mass is 1790 g/mol. The lowest BCUT2D eigenvalue weighted by Gasteiger charge is -2.38. The summed E-state index contributed by atoms with van der Waals surface area (Å²) in [5.41, 5.74) is 1.32. The molecule has 13 rings (SSSR count). The Morgan fingerprint density at radius 1 is 0.308 bits per heavy atom. The smallest absolute Gasteiger partial charge is 0.348 e. The summed E-state index contributed by atoms with van der Waals surface area (Å²) < 4.78 is 93.5. The van der Waals surface area contributed by atoms with Gasteiger partial charge in [0.1, 0.15) is 72.1 Å². The molecule has 0 amide bonds. The van der Waals surface area contributed by atoms with Gasteiger partial charge in [0.05, 0.1) is 59.5 Å². The molecule has 702 valence electrons. The number of aliphatic hydroxyl groups excluding tert-OH is 2. The Hall–Kier alpha value is -10.7. The number of benzene rings is 9. The lowest BCUT2D eigenvalue weighted by atomic mass is 9.68. The van der Waals surface area contributed by atoms with Crippen molar-refractivity contribution in [2.75, 3.05) is 198 Å². The number of methoxy groups -OCH3 is 2. The predicted octanol–water partition coefficient (Wildman–Crippen LogP) is 16.1. The van der Waals surface area contributed by atoms with Crippen molar-refractivity contribution in [3.63, 3.8) is 0 Å². The quantitative estimate of drug-likeness (QED) is 0.0204. The third kappa shape index (κ3) is 25.3. The number of hydrogen-bond acceptors (Lipinski definition) is 26. The van der Waals surface area contributed by atoms with E-state index in [1.807, 2.05) is 234 Å². The summed E-state index contributed by atoms with van der Waals surface area (Å²) in [6.45, 7) is 29.9. The molecule has 26 heteroatoms. The van der Waals surface area contributed by atoms with Crippen LogP contribution in [0.25, 0.3) is 0 Å². The first kappa shape index (κ1) is 103. The van der Waals surface area contributed by atoms with Crippen molar-refractivity contribution in [1.82, 2.24) is 19.6 Å². The Bertz CT molecular complexity index is 4750. The highest BCUT2D eigenvalue weighted by Crippen LogP contribution is 2.55. The number of rotatable bonds is 48. The SMILES string of the molecule is C.CCCN(CCO)CCOC(=O)C1(OCC)c2ccccc2Oc2c(OCC)cccc21.CCCN(CCO)CCOC(=O)C1(OCC)c2ccccc2Oc2ccccc21.CCN(CC)CCOC(=O)C1(Cc2ccccc2)c2ccccc2Oc2ccccc21.CCOC1(C(=O)OCCN(CCOCCOC)CCOCCOC)c2ccccc2Oc2ccccc21. The van der Waals surface area contributed by atoms with E-state index < -0.39 is 40.1 Å². The predicted molar refractivity (Wildman–Crippen MR) is 499 cm³/mol. The first-order valence-corrected chi connectivity index (χ1v) is 45.2. The third-order valence-corrected chi connectivity index (χ3v) is 22.5. The fraction of sp³-hybridized carbons (Fsp3) is 0.442. The third-order valence-electron chi connectivity index (χ3n) is 22.5. The van der Waals surface area contributed by atoms with Gasteiger partial charge in [0.25, 0.3) is 0 Å². The summed E-state index contributed by atoms with van der Waals surface area (Å²) in [5.74, 6) is 3.64. The molecule has 0 radical (unpaired) electrons. The second-order valence-electron chi connectivity index (χ2n) is 30.6. The standard InChI is InChI=1S/C28H39NO8.C27H29NO3.C25H33NO6.C23H29NO5.CH4/c1-4-36-28(23-9-5-7-11-25(23)37-26-12-8-6-10-24(26)28)27(30)35-18-15-29(13-16-33-21-19-31-2)14-17-34-22-20-32-3;1-3-28(4-2)18-19-30-26(29)27(20-21-12-6-5-7-13-21)22-14-8-10-16-24(22)31-25-17-11-9-15-23(25)27;1-4-14-26(15-17-27)16-18-30-24(28)25(31-6-3)19-10-7-8-12-21(19)32-23-20(25)11-9-13-22(23)29-5-2;1-3-13-24(14-16-25)15-17-27-22(26)23(28-4-2)18-9-5-7-11-20(18)29-21-12-8-6-10-19(21)23;/h5-12H,4,13-22H2,1-3H3;5-17H,3-4,18-20H2,1-2H3;7-13,27H,4-6,14-18H2,1-3H3;5-12,25H,3-4,13-17H2,1-2H3;1H4. The number of hydrogen-bond donors (Lipinski definition) is 2. The molecule has 0 saturated carbocycles. The second-order valence-corrected chi connectivity index (χ2v) is 30.6. The molecule has 130 heavy (non-hydrogen) atoms. The van der Waals surface area contributed by atoms with E-state index in [2.05, 4.69) is 59.4 Å². The minimum Gasteiger partial charge on any atom is -0.490 e. The van der Waals surface area contributed by atoms with Gasteiger partial charge in [0.2, 0.25) is 16.8 Å². The van der Waals surface area contributed by atoms with Crippen LogP contribution in [0.3, 0.4) is 0 Å². The zero-order chi connectivity index (χ0) is 91.7. The molecule has 0 bridgehead atoms. The zero-order valence-corrected chi connectivity index (χ0v) is 76.6. The average molecular weight is 1790 g/mol. The molecule has 0 saturated heterocycles. The van der Waals surface area contributed by atoms with Crippen LogP contribution in [-0.4, -0.2) is 252 Å². The number of aliphatic hydroxyl groups is 2. The number of esters is 4. The van der Waals surface area contributed by atoms with E-state index in [1.54, 1.807) is 14.2 Å². The molecule has 9 aromatic carbocycles. The van der Waals surface area contributed by atoms with Crippen LogP contribution in [0.1, 0.15) is 126 Å². The molecule has 2 N–H and O–H groups in total. The molecule has 4 heterocycles. The van der Waals surface area contributed by atoms with Crippen LogP contribution in [-0.2, 0) is 99.9 Å². The highest BCUT2D eigenvalue weighted by atomic mass is 16.6. The van der Waals surface area contributed by atoms with Gasteiger partial charge < -0.3 is 90.9 Å². The first-order chi connectivity index (χ1) is 63.1. The van der Waals surface area contributed by atoms with Gasteiger partial charge in [-0.3, -0.25) is 19.5 Å². The number of nitrogens with zero attached hydrogens (tertiary/aromatic N) is 4. The number of fused-ring (bicyclic) bond motifs is 8. The lowest BCUT2D eigenvalue weighted by Crippen LogP contribution is -2.44. The van der Waals surface area contributed by atoms with Gasteiger partial charge in [0.15, 0.2) is 11.5 Å². The summed E-state index contributed by atoms with van der Waals surface area (Å²) in [7, 11) is 3.29. The Morgan fingerprint density at radius 2 is 0.615 bits per heavy atom. The molecular weight excluding hydrogens is 1660 g/mol. The molecule has 0 aromatic heterocycles. The number of carbonyl (C=O) groups is 4. The van der Waals surface area contributed by atoms with Crippen molar-refractivity contribution < 1.29 is 105 Å². The summed E-state index contributed by atoms with van der Waals surface area (Å²) >= 11 is 0. The van der Waals surface area contributed by atoms with Crippen molar-refractivity contribution in [2.45, 2.75) is 104 Å². The Morgan fingerprint density at radius 3 is 0.962 bits per heavy atom. The number of ether oxygens (including phenoxy) is 16. The number of carbonyl (C=O) groups excluding carboxylic acids is 4. The lowest BCUT2D eigenvalue weighted by molar-refractivity contribution is -0.170. The largest absolute Gasteiger partial charge is 0.490 e. The molecule has 4 aliphatic rings. The van der Waals surface area contributed by atoms with Gasteiger partial charge in [-0.05, 0) is 127 Å². The minimum atomic E-state index is -1.46. The Balaban J connectivity index is 0.000000195. The maximum Gasteiger partial charge on any atom is 0.348 e. The summed E-state index contributed by atoms with van der Waals surface area (Å²) in [4.78, 5) is 63.4. The van der Waals surface area contributed by atoms with E-state index >= 15 is 0 Å². The van der Waals surface area contributed by atoms with E-state index in [4.69, 9.17) is 75.8 Å². The molecule has 0 spiro atoms. The van der Waals surface area contributed by atoms with E-state index in [1.165, 1.54) is 0 Å². The summed E-state index contributed by atoms with van der Waals surface area (Å²) in [6.07, 6.45) is 2.43. The van der Waals surface area contributed by atoms with Crippen molar-refractivity contribution in [2.24, 2.45) is 0 Å². The van der Waals surface area contributed by atoms with E-state index in [9.17, 15) is 29.4 Å². The zero-order valence-electron chi connectivity index (χ0n) is 76.6. The molecule has 26 nitrogen and oxygen atoms in total. The van der Waals surface area contributed by atoms with Crippen molar-refractivity contribution in [1.29, 1.82) is 0 Å². The van der Waals surface area contributed by atoms with E-state index in [0.29, 0.717) is 210 Å². The van der Waals surface area contributed by atoms with Gasteiger partial charge in [-0.15, -0.1) is 0 Å². The summed E-state index contributed by atoms with van der Waals surface area (Å²) in [6, 6.07) is 68.2. The first-order valence-electron chi connectivity index (χ1n) is 45.2. The van der Waals surface area contributed by atoms with Gasteiger partial charge >= 0.3 is 23.9 Å². The molecule has 1 atom stereocenters. The Kier molecular flexibility index (Phi) is 42.5. The van der Waals surface area contributed by atoms with Crippen LogP contribution < -0.4 is 23.7 Å². The average Bonchev–Trinajstić information content (AvgIpc) is 0.713. The second kappa shape index (κ2) is 53.6. The number of likely N-dealkylation sites (N-methyl/N-ethyl adjacent to an activating group) is 1. The maximum absolute atomic E-state index is 13.9. The van der Waals surface area contributed by atoms with E-state index in [-0.39, 0.29) is 46.4 Å². The van der Waals surface area contributed by atoms with Crippen LogP contribution in [0.15, 0.2) is 218 Å². The van der Waals surface area contributed by atoms with Crippen LogP contribution >= 0.6 is 0 Å². The maximum atomic E-state index is 13.9. The van der Waals surface area contributed by atoms with E-state index in [0.717, 1.165) is 62.3 Å². The fourth-order valence-electron chi connectivity index (χ4n) is 16.4. The molecule has 9 aromatic rings. The van der Waals surface area contributed by atoms with Crippen LogP contribution in [0, 0.1) is 0 Å². The normalized spacial score (nSPS) is 14.4. The van der Waals surface area contributed by atoms with Crippen molar-refractivity contribution in [3.05, 3.63) is 268 Å². The summed E-state index contributed by atoms with van der Waals surface area (Å²) in [5, 5.41) is 18.5. The van der Waals surface area contributed by atoms with Gasteiger partial charge in [0, 0.05) is 131 Å². The van der Waals surface area contributed by atoms with Crippen molar-refractivity contribution in [3.8, 4) is 51.7 Å². The van der Waals surface area contributed by atoms with Crippen LogP contribution in [0.4, 0.5) is 0 Å². The highest BCUT2D eigenvalue weighted by Gasteiger charge is 2.55. The molecule has 4 aliphatic heterocycles. The topological polar surface area (TPSA) is 269 Å². The highest BCUT2D eigenvalue weighted by molar-refractivity contribution is 5.93. The minimum absolute atomic E-state index is 0.